The Morgan fingerprint density at radius 1 is 1.18 bits per heavy atom. The Balaban J connectivity index is 1.73. The normalized spacial score (nSPS) is 20.0. The van der Waals surface area contributed by atoms with Crippen molar-refractivity contribution < 1.29 is 4.79 Å². The molecule has 0 spiro atoms. The number of allylic oxidation sites excluding steroid dienone is 2. The number of rotatable bonds is 4. The van der Waals surface area contributed by atoms with E-state index in [-0.39, 0.29) is 11.5 Å². The fourth-order valence-electron chi connectivity index (χ4n) is 4.02. The number of benzene rings is 1. The molecule has 1 aliphatic rings. The molecule has 1 saturated heterocycles. The predicted octanol–water partition coefficient (Wildman–Crippen LogP) is 3.74. The van der Waals surface area contributed by atoms with Gasteiger partial charge in [0.2, 0.25) is 5.91 Å². The molecule has 1 unspecified atom stereocenters. The summed E-state index contributed by atoms with van der Waals surface area (Å²) in [6, 6.07) is 12.0. The quantitative estimate of drug-likeness (QED) is 0.682. The van der Waals surface area contributed by atoms with E-state index in [1.807, 2.05) is 38.1 Å². The molecule has 0 aliphatic carbocycles. The molecule has 5 nitrogen and oxygen atoms in total. The summed E-state index contributed by atoms with van der Waals surface area (Å²) in [5, 5.41) is 4.05. The van der Waals surface area contributed by atoms with E-state index < -0.39 is 5.41 Å². The number of carbonyl (C=O) groups excluding carboxylic acids is 1. The highest BCUT2D eigenvalue weighted by Crippen LogP contribution is 2.30. The smallest absolute Gasteiger partial charge is 0.252 e. The lowest BCUT2D eigenvalue weighted by molar-refractivity contribution is -0.128. The highest BCUT2D eigenvalue weighted by Gasteiger charge is 2.39. The summed E-state index contributed by atoms with van der Waals surface area (Å²) in [6.45, 7) is 5.35. The minimum absolute atomic E-state index is 0.0692. The molecule has 0 bridgehead atoms. The first-order valence-electron chi connectivity index (χ1n) is 9.75. The Morgan fingerprint density at radius 2 is 2.04 bits per heavy atom. The van der Waals surface area contributed by atoms with Crippen LogP contribution in [0.25, 0.3) is 22.2 Å². The number of pyridine rings is 1. The first kappa shape index (κ1) is 18.3. The van der Waals surface area contributed by atoms with Crippen molar-refractivity contribution in [2.75, 3.05) is 6.54 Å². The van der Waals surface area contributed by atoms with Gasteiger partial charge in [0, 0.05) is 41.6 Å². The first-order chi connectivity index (χ1) is 13.5. The Kier molecular flexibility index (Phi) is 4.67. The van der Waals surface area contributed by atoms with Crippen molar-refractivity contribution >= 4 is 16.8 Å². The molecule has 1 aromatic carbocycles. The number of aromatic nitrogens is 2. The number of nitrogens with zero attached hydrogens (tertiary/aromatic N) is 1. The molecule has 1 aliphatic heterocycles. The predicted molar refractivity (Wildman–Crippen MR) is 112 cm³/mol. The van der Waals surface area contributed by atoms with Gasteiger partial charge in [-0.3, -0.25) is 9.59 Å². The van der Waals surface area contributed by atoms with E-state index >= 15 is 0 Å². The first-order valence-corrected chi connectivity index (χ1v) is 9.75. The molecule has 0 saturated carbocycles. The van der Waals surface area contributed by atoms with Gasteiger partial charge in [-0.25, -0.2) is 0 Å². The Hall–Kier alpha value is -3.08. The van der Waals surface area contributed by atoms with Crippen LogP contribution in [0.3, 0.4) is 0 Å². The molecular weight excluding hydrogens is 350 g/mol. The summed E-state index contributed by atoms with van der Waals surface area (Å²) in [5.41, 5.74) is 2.41. The fraction of sp³-hybridized carbons (Fsp3) is 0.304. The average Bonchev–Trinajstić information content (AvgIpc) is 3.10. The minimum Gasteiger partial charge on any atom is -0.355 e. The van der Waals surface area contributed by atoms with Crippen LogP contribution in [0.4, 0.5) is 0 Å². The Bertz CT molecular complexity index is 1120. The Labute approximate surface area is 164 Å². The van der Waals surface area contributed by atoms with E-state index in [9.17, 15) is 9.59 Å². The van der Waals surface area contributed by atoms with Crippen molar-refractivity contribution in [1.82, 2.24) is 14.9 Å². The number of aromatic amines is 1. The zero-order valence-electron chi connectivity index (χ0n) is 16.3. The van der Waals surface area contributed by atoms with Crippen molar-refractivity contribution in [3.8, 4) is 11.3 Å². The largest absolute Gasteiger partial charge is 0.355 e. The molecular formula is C23H25N3O2. The molecule has 3 heterocycles. The molecule has 2 N–H and O–H groups in total. The van der Waals surface area contributed by atoms with Crippen LogP contribution >= 0.6 is 0 Å². The number of fused-ring (bicyclic) bond motifs is 1. The molecule has 1 fully saturated rings. The molecule has 1 atom stereocenters. The molecule has 2 aromatic heterocycles. The van der Waals surface area contributed by atoms with Gasteiger partial charge in [-0.1, -0.05) is 30.4 Å². The summed E-state index contributed by atoms with van der Waals surface area (Å²) in [5.74, 6) is -0.0692. The highest BCUT2D eigenvalue weighted by atomic mass is 16.2. The maximum atomic E-state index is 12.8. The van der Waals surface area contributed by atoms with Gasteiger partial charge >= 0.3 is 0 Å². The summed E-state index contributed by atoms with van der Waals surface area (Å²) < 4.78 is 2.18. The monoisotopic (exact) mass is 375 g/mol. The Morgan fingerprint density at radius 3 is 2.79 bits per heavy atom. The maximum absolute atomic E-state index is 12.8. The van der Waals surface area contributed by atoms with Gasteiger partial charge in [-0.05, 0) is 50.3 Å². The molecule has 1 amide bonds. The lowest BCUT2D eigenvalue weighted by Crippen LogP contribution is -2.49. The summed E-state index contributed by atoms with van der Waals surface area (Å²) in [6.07, 6.45) is 7.78. The third-order valence-electron chi connectivity index (χ3n) is 5.77. The van der Waals surface area contributed by atoms with Crippen molar-refractivity contribution in [3.63, 3.8) is 0 Å². The summed E-state index contributed by atoms with van der Waals surface area (Å²) in [7, 11) is 0. The second-order valence-corrected chi connectivity index (χ2v) is 7.62. The second-order valence-electron chi connectivity index (χ2n) is 7.62. The number of nitrogens with one attached hydrogen (secondary N) is 2. The van der Waals surface area contributed by atoms with Gasteiger partial charge < -0.3 is 14.9 Å². The van der Waals surface area contributed by atoms with Crippen LogP contribution in [0.15, 0.2) is 59.5 Å². The van der Waals surface area contributed by atoms with Gasteiger partial charge in [-0.2, -0.15) is 0 Å². The molecule has 5 heteroatoms. The molecule has 4 rings (SSSR count). The zero-order valence-corrected chi connectivity index (χ0v) is 16.3. The number of amides is 1. The van der Waals surface area contributed by atoms with E-state index in [1.54, 1.807) is 0 Å². The summed E-state index contributed by atoms with van der Waals surface area (Å²) in [4.78, 5) is 28.2. The lowest BCUT2D eigenvalue weighted by atomic mass is 9.76. The van der Waals surface area contributed by atoms with Crippen molar-refractivity contribution in [2.45, 2.75) is 38.6 Å². The third-order valence-corrected chi connectivity index (χ3v) is 5.77. The number of H-pyrrole nitrogens is 1. The van der Waals surface area contributed by atoms with E-state index in [4.69, 9.17) is 0 Å². The third kappa shape index (κ3) is 3.07. The minimum atomic E-state index is -0.768. The van der Waals surface area contributed by atoms with Crippen molar-refractivity contribution in [2.24, 2.45) is 0 Å². The van der Waals surface area contributed by atoms with E-state index in [0.717, 1.165) is 29.7 Å². The number of carbonyl (C=O) groups is 1. The molecule has 144 valence electrons. The topological polar surface area (TPSA) is 66.9 Å². The van der Waals surface area contributed by atoms with Crippen LogP contribution < -0.4 is 10.9 Å². The van der Waals surface area contributed by atoms with Gasteiger partial charge in [-0.15, -0.1) is 0 Å². The van der Waals surface area contributed by atoms with Crippen molar-refractivity contribution in [3.05, 3.63) is 70.7 Å². The number of hydrogen-bond donors (Lipinski definition) is 2. The standard InChI is InChI=1S/C23H25N3O2/c1-3-4-13-26-14-10-16-6-7-17(15-20(16)26)19-9-8-18(21(27)25-19)23(2)11-5-12-24-22(23)28/h3-4,6-10,14-15H,5,11-13H2,1-2H3,(H,24,28)(H,25,27). The average molecular weight is 375 g/mol. The van der Waals surface area contributed by atoms with Crippen LogP contribution in [0.1, 0.15) is 32.3 Å². The number of hydrogen-bond acceptors (Lipinski definition) is 2. The van der Waals surface area contributed by atoms with Crippen LogP contribution in [-0.2, 0) is 16.8 Å². The van der Waals surface area contributed by atoms with Crippen LogP contribution in [0, 0.1) is 0 Å². The highest BCUT2D eigenvalue weighted by molar-refractivity contribution is 5.88. The van der Waals surface area contributed by atoms with Gasteiger partial charge in [0.15, 0.2) is 0 Å². The zero-order chi connectivity index (χ0) is 19.7. The van der Waals surface area contributed by atoms with Crippen LogP contribution in [0.2, 0.25) is 0 Å². The number of piperidine rings is 1. The maximum Gasteiger partial charge on any atom is 0.252 e. The SMILES string of the molecule is CC=CCn1ccc2ccc(-c3ccc(C4(C)CCCNC4=O)c(=O)[nH]3)cc21. The van der Waals surface area contributed by atoms with Gasteiger partial charge in [0.1, 0.15) is 0 Å². The lowest BCUT2D eigenvalue weighted by Gasteiger charge is -2.32. The van der Waals surface area contributed by atoms with Crippen LogP contribution in [0.5, 0.6) is 0 Å². The molecule has 0 radical (unpaired) electrons. The van der Waals surface area contributed by atoms with Gasteiger partial charge in [0.25, 0.3) is 5.56 Å². The molecule has 28 heavy (non-hydrogen) atoms. The van der Waals surface area contributed by atoms with Gasteiger partial charge in [0.05, 0.1) is 5.41 Å². The fourth-order valence-corrected chi connectivity index (χ4v) is 4.02. The van der Waals surface area contributed by atoms with E-state index in [1.165, 1.54) is 5.39 Å². The molecule has 3 aromatic rings. The van der Waals surface area contributed by atoms with E-state index in [0.29, 0.717) is 18.5 Å². The van der Waals surface area contributed by atoms with Crippen molar-refractivity contribution in [1.29, 1.82) is 0 Å². The van der Waals surface area contributed by atoms with Crippen LogP contribution in [-0.4, -0.2) is 22.0 Å². The second kappa shape index (κ2) is 7.15. The summed E-state index contributed by atoms with van der Waals surface area (Å²) >= 11 is 0. The van der Waals surface area contributed by atoms with E-state index in [2.05, 4.69) is 45.3 Å².